The molecular weight excluding hydrogens is 250 g/mol. The molecule has 0 spiro atoms. The van der Waals surface area contributed by atoms with E-state index in [-0.39, 0.29) is 5.70 Å². The molecule has 1 aliphatic heterocycles. The molecule has 90 valence electrons. The number of thiophene rings is 1. The van der Waals surface area contributed by atoms with Gasteiger partial charge in [-0.3, -0.25) is 0 Å². The number of rotatable bonds is 2. The Hall–Kier alpha value is -2.21. The lowest BCUT2D eigenvalue weighted by Gasteiger charge is -1.92. The summed E-state index contributed by atoms with van der Waals surface area (Å²) >= 11 is 1.48. The van der Waals surface area contributed by atoms with Crippen LogP contribution in [0.15, 0.2) is 40.7 Å². The van der Waals surface area contributed by atoms with E-state index in [1.165, 1.54) is 11.3 Å². The predicted molar refractivity (Wildman–Crippen MR) is 68.1 cm³/mol. The number of cyclic esters (lactones) is 1. The molecule has 3 rings (SSSR count). The summed E-state index contributed by atoms with van der Waals surface area (Å²) in [5.41, 5.74) is 0.956. The molecule has 2 aromatic heterocycles. The van der Waals surface area contributed by atoms with Crippen LogP contribution in [0.3, 0.4) is 0 Å². The highest BCUT2D eigenvalue weighted by molar-refractivity contribution is 7.12. The Bertz CT molecular complexity index is 653. The van der Waals surface area contributed by atoms with Crippen molar-refractivity contribution in [1.29, 1.82) is 0 Å². The van der Waals surface area contributed by atoms with Gasteiger partial charge in [-0.1, -0.05) is 6.07 Å². The van der Waals surface area contributed by atoms with E-state index in [0.717, 1.165) is 4.88 Å². The second-order valence-electron chi connectivity index (χ2n) is 3.78. The van der Waals surface area contributed by atoms with Crippen molar-refractivity contribution in [1.82, 2.24) is 9.55 Å². The van der Waals surface area contributed by atoms with Crippen LogP contribution >= 0.6 is 11.3 Å². The van der Waals surface area contributed by atoms with Crippen LogP contribution in [0.25, 0.3) is 6.08 Å². The Labute approximate surface area is 107 Å². The third kappa shape index (κ3) is 1.98. The minimum absolute atomic E-state index is 0.275. The molecule has 0 aromatic carbocycles. The second kappa shape index (κ2) is 4.23. The van der Waals surface area contributed by atoms with Crippen molar-refractivity contribution in [3.63, 3.8) is 0 Å². The summed E-state index contributed by atoms with van der Waals surface area (Å²) in [6.45, 7) is 0. The fourth-order valence-corrected chi connectivity index (χ4v) is 2.21. The highest BCUT2D eigenvalue weighted by atomic mass is 32.1. The van der Waals surface area contributed by atoms with Gasteiger partial charge < -0.3 is 9.30 Å². The first kappa shape index (κ1) is 10.9. The summed E-state index contributed by atoms with van der Waals surface area (Å²) in [5, 5.41) is 1.91. The van der Waals surface area contributed by atoms with Crippen molar-refractivity contribution in [2.45, 2.75) is 0 Å². The molecular formula is C12H9N3O2S. The molecule has 0 saturated heterocycles. The predicted octanol–water partition coefficient (Wildman–Crippen LogP) is 1.83. The SMILES string of the molecule is Cn1cnc(C=C2N=C(c3cccs3)OC2=O)c1. The van der Waals surface area contributed by atoms with Crippen LogP contribution in [0.4, 0.5) is 0 Å². The number of aryl methyl sites for hydroxylation is 1. The fourth-order valence-electron chi connectivity index (χ4n) is 1.56. The lowest BCUT2D eigenvalue weighted by molar-refractivity contribution is -0.129. The van der Waals surface area contributed by atoms with Crippen LogP contribution in [0.2, 0.25) is 0 Å². The molecule has 0 amide bonds. The first-order valence-electron chi connectivity index (χ1n) is 5.27. The van der Waals surface area contributed by atoms with Crippen LogP contribution < -0.4 is 0 Å². The molecule has 2 aromatic rings. The van der Waals surface area contributed by atoms with E-state index in [2.05, 4.69) is 9.98 Å². The quantitative estimate of drug-likeness (QED) is 0.610. The number of imidazole rings is 1. The van der Waals surface area contributed by atoms with Gasteiger partial charge in [-0.05, 0) is 17.5 Å². The Morgan fingerprint density at radius 2 is 2.39 bits per heavy atom. The number of carbonyl (C=O) groups is 1. The fraction of sp³-hybridized carbons (Fsp3) is 0.0833. The molecule has 0 bridgehead atoms. The summed E-state index contributed by atoms with van der Waals surface area (Å²) in [7, 11) is 1.86. The van der Waals surface area contributed by atoms with Gasteiger partial charge in [0.1, 0.15) is 0 Å². The van der Waals surface area contributed by atoms with E-state index >= 15 is 0 Å². The average molecular weight is 259 g/mol. The molecule has 0 aliphatic carbocycles. The standard InChI is InChI=1S/C12H9N3O2S/c1-15-6-8(13-7-15)5-9-12(16)17-11(14-9)10-3-2-4-18-10/h2-7H,1H3. The normalized spacial score (nSPS) is 17.1. The van der Waals surface area contributed by atoms with E-state index < -0.39 is 5.97 Å². The van der Waals surface area contributed by atoms with Crippen molar-refractivity contribution in [3.8, 4) is 0 Å². The van der Waals surface area contributed by atoms with Crippen molar-refractivity contribution in [3.05, 3.63) is 46.3 Å². The maximum Gasteiger partial charge on any atom is 0.363 e. The zero-order valence-electron chi connectivity index (χ0n) is 9.53. The highest BCUT2D eigenvalue weighted by Crippen LogP contribution is 2.20. The zero-order chi connectivity index (χ0) is 12.5. The Morgan fingerprint density at radius 1 is 1.50 bits per heavy atom. The largest absolute Gasteiger partial charge is 0.401 e. The van der Waals surface area contributed by atoms with Gasteiger partial charge >= 0.3 is 5.97 Å². The molecule has 0 unspecified atom stereocenters. The van der Waals surface area contributed by atoms with Gasteiger partial charge in [0.05, 0.1) is 16.9 Å². The molecule has 1 aliphatic rings. The van der Waals surface area contributed by atoms with Crippen LogP contribution in [0.1, 0.15) is 10.6 Å². The number of hydrogen-bond acceptors (Lipinski definition) is 5. The molecule has 0 saturated carbocycles. The Morgan fingerprint density at radius 3 is 3.06 bits per heavy atom. The van der Waals surface area contributed by atoms with Crippen LogP contribution in [-0.4, -0.2) is 21.4 Å². The van der Waals surface area contributed by atoms with E-state index in [1.54, 1.807) is 23.2 Å². The number of esters is 1. The summed E-state index contributed by atoms with van der Waals surface area (Å²) in [6.07, 6.45) is 5.08. The third-order valence-corrected chi connectivity index (χ3v) is 3.22. The van der Waals surface area contributed by atoms with Crippen LogP contribution in [0, 0.1) is 0 Å². The molecule has 0 radical (unpaired) electrons. The zero-order valence-corrected chi connectivity index (χ0v) is 10.3. The van der Waals surface area contributed by atoms with E-state index in [0.29, 0.717) is 11.6 Å². The molecule has 0 N–H and O–H groups in total. The molecule has 0 atom stereocenters. The van der Waals surface area contributed by atoms with Gasteiger partial charge in [0.15, 0.2) is 5.70 Å². The molecule has 6 heteroatoms. The van der Waals surface area contributed by atoms with Gasteiger partial charge in [0, 0.05) is 13.2 Å². The second-order valence-corrected chi connectivity index (χ2v) is 4.73. The molecule has 0 fully saturated rings. The Balaban J connectivity index is 1.94. The third-order valence-electron chi connectivity index (χ3n) is 2.36. The smallest absolute Gasteiger partial charge is 0.363 e. The van der Waals surface area contributed by atoms with E-state index in [9.17, 15) is 4.79 Å². The summed E-state index contributed by atoms with van der Waals surface area (Å²) < 4.78 is 6.92. The minimum atomic E-state index is -0.441. The van der Waals surface area contributed by atoms with Gasteiger partial charge in [0.2, 0.25) is 5.90 Å². The monoisotopic (exact) mass is 259 g/mol. The molecule has 3 heterocycles. The Kier molecular flexibility index (Phi) is 2.56. The number of aliphatic imine (C=N–C) groups is 1. The van der Waals surface area contributed by atoms with E-state index in [4.69, 9.17) is 4.74 Å². The summed E-state index contributed by atoms with van der Waals surface area (Å²) in [5.74, 6) is -0.0822. The van der Waals surface area contributed by atoms with Gasteiger partial charge in [-0.25, -0.2) is 14.8 Å². The number of hydrogen-bond donors (Lipinski definition) is 0. The van der Waals surface area contributed by atoms with Gasteiger partial charge in [-0.2, -0.15) is 0 Å². The summed E-state index contributed by atoms with van der Waals surface area (Å²) in [4.78, 5) is 20.8. The number of aromatic nitrogens is 2. The minimum Gasteiger partial charge on any atom is -0.401 e. The number of carbonyl (C=O) groups excluding carboxylic acids is 1. The van der Waals surface area contributed by atoms with Crippen molar-refractivity contribution in [2.24, 2.45) is 12.0 Å². The number of nitrogens with zero attached hydrogens (tertiary/aromatic N) is 3. The number of ether oxygens (including phenoxy) is 1. The van der Waals surface area contributed by atoms with E-state index in [1.807, 2.05) is 24.6 Å². The lowest BCUT2D eigenvalue weighted by atomic mass is 10.3. The summed E-state index contributed by atoms with van der Waals surface area (Å²) in [6, 6.07) is 3.75. The van der Waals surface area contributed by atoms with Crippen LogP contribution in [-0.2, 0) is 16.6 Å². The first-order valence-corrected chi connectivity index (χ1v) is 6.15. The first-order chi connectivity index (χ1) is 8.72. The van der Waals surface area contributed by atoms with Crippen molar-refractivity contribution < 1.29 is 9.53 Å². The topological polar surface area (TPSA) is 56.5 Å². The van der Waals surface area contributed by atoms with Gasteiger partial charge in [0.25, 0.3) is 0 Å². The average Bonchev–Trinajstić information content (AvgIpc) is 3.02. The lowest BCUT2D eigenvalue weighted by Crippen LogP contribution is -2.03. The van der Waals surface area contributed by atoms with Crippen molar-refractivity contribution in [2.75, 3.05) is 0 Å². The van der Waals surface area contributed by atoms with Crippen molar-refractivity contribution >= 4 is 29.3 Å². The molecule has 5 nitrogen and oxygen atoms in total. The van der Waals surface area contributed by atoms with Gasteiger partial charge in [-0.15, -0.1) is 11.3 Å². The van der Waals surface area contributed by atoms with Crippen LogP contribution in [0.5, 0.6) is 0 Å². The highest BCUT2D eigenvalue weighted by Gasteiger charge is 2.24. The maximum atomic E-state index is 11.7. The molecule has 18 heavy (non-hydrogen) atoms. The maximum absolute atomic E-state index is 11.7.